The first-order chi connectivity index (χ1) is 7.34. The van der Waals surface area contributed by atoms with Crippen molar-refractivity contribution in [2.75, 3.05) is 0 Å². The van der Waals surface area contributed by atoms with Crippen LogP contribution in [0.5, 0.6) is 0 Å². The van der Waals surface area contributed by atoms with Gasteiger partial charge in [0.25, 0.3) is 0 Å². The second-order valence-corrected chi connectivity index (χ2v) is 6.38. The van der Waals surface area contributed by atoms with Crippen LogP contribution in [-0.2, 0) is 4.79 Å². The molecule has 1 amide bonds. The summed E-state index contributed by atoms with van der Waals surface area (Å²) in [6.07, 6.45) is 3.31. The summed E-state index contributed by atoms with van der Waals surface area (Å²) in [5.41, 5.74) is 6.27. The second kappa shape index (κ2) is 3.73. The van der Waals surface area contributed by atoms with Crippen molar-refractivity contribution < 1.29 is 4.79 Å². The fourth-order valence-corrected chi connectivity index (χ4v) is 3.63. The lowest BCUT2D eigenvalue weighted by Crippen LogP contribution is -2.50. The Hall–Kier alpha value is -0.570. The molecule has 0 aromatic rings. The lowest BCUT2D eigenvalue weighted by molar-refractivity contribution is -0.136. The Morgan fingerprint density at radius 2 is 1.94 bits per heavy atom. The number of nitrogens with two attached hydrogens (primary N) is 1. The molecule has 0 aromatic heterocycles. The molecule has 0 aliphatic carbocycles. The minimum Gasteiger partial charge on any atom is -0.335 e. The zero-order valence-electron chi connectivity index (χ0n) is 10.9. The maximum absolute atomic E-state index is 12.3. The molecule has 0 aromatic carbocycles. The largest absolute Gasteiger partial charge is 0.335 e. The molecule has 2 saturated heterocycles. The summed E-state index contributed by atoms with van der Waals surface area (Å²) in [6, 6.07) is 0.462. The van der Waals surface area contributed by atoms with Gasteiger partial charge in [-0.2, -0.15) is 0 Å². The average Bonchev–Trinajstić information content (AvgIpc) is 2.54. The summed E-state index contributed by atoms with van der Waals surface area (Å²) in [5.74, 6) is 0.466. The highest BCUT2D eigenvalue weighted by Crippen LogP contribution is 2.43. The topological polar surface area (TPSA) is 46.3 Å². The highest BCUT2D eigenvalue weighted by atomic mass is 16.2. The summed E-state index contributed by atoms with van der Waals surface area (Å²) in [4.78, 5) is 14.4. The van der Waals surface area contributed by atoms with Crippen LogP contribution >= 0.6 is 0 Å². The molecule has 3 heteroatoms. The normalized spacial score (nSPS) is 43.1. The molecule has 0 bridgehead atoms. The average molecular weight is 224 g/mol. The molecule has 4 atom stereocenters. The molecule has 3 unspecified atom stereocenters. The Morgan fingerprint density at radius 1 is 1.31 bits per heavy atom. The molecule has 3 nitrogen and oxygen atoms in total. The van der Waals surface area contributed by atoms with Gasteiger partial charge < -0.3 is 10.6 Å². The maximum Gasteiger partial charge on any atom is 0.240 e. The van der Waals surface area contributed by atoms with Crippen LogP contribution < -0.4 is 5.73 Å². The van der Waals surface area contributed by atoms with Crippen molar-refractivity contribution in [3.8, 4) is 0 Å². The second-order valence-electron chi connectivity index (χ2n) is 6.38. The third kappa shape index (κ3) is 1.65. The maximum atomic E-state index is 12.3. The van der Waals surface area contributed by atoms with E-state index in [9.17, 15) is 4.79 Å². The fraction of sp³-hybridized carbons (Fsp3) is 0.923. The number of carbonyl (C=O) groups is 1. The van der Waals surface area contributed by atoms with Crippen molar-refractivity contribution in [3.05, 3.63) is 0 Å². The molecule has 2 rings (SSSR count). The number of fused-ring (bicyclic) bond motifs is 1. The molecule has 92 valence electrons. The van der Waals surface area contributed by atoms with Crippen molar-refractivity contribution in [1.29, 1.82) is 0 Å². The van der Waals surface area contributed by atoms with Gasteiger partial charge in [-0.3, -0.25) is 4.79 Å². The number of nitrogens with zero attached hydrogens (tertiary/aromatic N) is 1. The minimum atomic E-state index is -0.301. The van der Waals surface area contributed by atoms with Crippen molar-refractivity contribution in [3.63, 3.8) is 0 Å². The predicted octanol–water partition coefficient (Wildman–Crippen LogP) is 1.76. The van der Waals surface area contributed by atoms with Crippen LogP contribution in [0.15, 0.2) is 0 Å². The minimum absolute atomic E-state index is 0.174. The molecule has 0 radical (unpaired) electrons. The molecule has 2 aliphatic rings. The van der Waals surface area contributed by atoms with E-state index in [2.05, 4.69) is 32.6 Å². The van der Waals surface area contributed by atoms with Crippen LogP contribution in [0.1, 0.15) is 47.0 Å². The molecular formula is C13H24N2O. The lowest BCUT2D eigenvalue weighted by atomic mass is 9.76. The van der Waals surface area contributed by atoms with E-state index < -0.39 is 0 Å². The Kier molecular flexibility index (Phi) is 2.77. The third-order valence-electron chi connectivity index (χ3n) is 4.57. The van der Waals surface area contributed by atoms with Crippen LogP contribution in [0.25, 0.3) is 0 Å². The van der Waals surface area contributed by atoms with Gasteiger partial charge in [0.15, 0.2) is 0 Å². The molecule has 2 heterocycles. The quantitative estimate of drug-likeness (QED) is 0.681. The van der Waals surface area contributed by atoms with E-state index in [4.69, 9.17) is 5.73 Å². The van der Waals surface area contributed by atoms with Gasteiger partial charge in [-0.15, -0.1) is 0 Å². The first-order valence-corrected chi connectivity index (χ1v) is 6.42. The Balaban J connectivity index is 2.37. The summed E-state index contributed by atoms with van der Waals surface area (Å²) in [5, 5.41) is 0. The SMILES string of the molecule is CC1CC(C)(C)C2CC[C@@H](C)N2C(=O)C1N. The number of hydrogen-bond donors (Lipinski definition) is 1. The van der Waals surface area contributed by atoms with E-state index in [-0.39, 0.29) is 17.4 Å². The Bertz CT molecular complexity index is 300. The van der Waals surface area contributed by atoms with Gasteiger partial charge in [0.2, 0.25) is 5.91 Å². The first-order valence-electron chi connectivity index (χ1n) is 6.42. The van der Waals surface area contributed by atoms with Gasteiger partial charge in [-0.1, -0.05) is 20.8 Å². The van der Waals surface area contributed by atoms with Crippen LogP contribution in [0.3, 0.4) is 0 Å². The number of rotatable bonds is 0. The summed E-state index contributed by atoms with van der Waals surface area (Å²) >= 11 is 0. The van der Waals surface area contributed by atoms with Crippen molar-refractivity contribution in [2.24, 2.45) is 17.1 Å². The zero-order valence-corrected chi connectivity index (χ0v) is 10.9. The molecule has 2 aliphatic heterocycles. The van der Waals surface area contributed by atoms with Gasteiger partial charge in [0.05, 0.1) is 6.04 Å². The van der Waals surface area contributed by atoms with E-state index in [0.717, 1.165) is 19.3 Å². The van der Waals surface area contributed by atoms with E-state index in [1.54, 1.807) is 0 Å². The van der Waals surface area contributed by atoms with Crippen molar-refractivity contribution >= 4 is 5.91 Å². The van der Waals surface area contributed by atoms with E-state index in [1.807, 2.05) is 0 Å². The van der Waals surface area contributed by atoms with Gasteiger partial charge in [-0.05, 0) is 37.5 Å². The highest BCUT2D eigenvalue weighted by Gasteiger charge is 2.48. The van der Waals surface area contributed by atoms with Crippen LogP contribution in [0.4, 0.5) is 0 Å². The molecule has 16 heavy (non-hydrogen) atoms. The van der Waals surface area contributed by atoms with E-state index in [0.29, 0.717) is 18.0 Å². The zero-order chi connectivity index (χ0) is 12.1. The number of amides is 1. The van der Waals surface area contributed by atoms with Crippen LogP contribution in [-0.4, -0.2) is 28.9 Å². The predicted molar refractivity (Wildman–Crippen MR) is 64.9 cm³/mol. The van der Waals surface area contributed by atoms with Gasteiger partial charge in [-0.25, -0.2) is 0 Å². The number of hydrogen-bond acceptors (Lipinski definition) is 2. The molecule has 2 N–H and O–H groups in total. The molecule has 2 fully saturated rings. The van der Waals surface area contributed by atoms with Gasteiger partial charge >= 0.3 is 0 Å². The standard InChI is InChI=1S/C13H24N2O/c1-8-7-13(3,4)10-6-5-9(2)15(10)12(16)11(8)14/h8-11H,5-7,14H2,1-4H3/t8?,9-,10?,11?/m1/s1. The van der Waals surface area contributed by atoms with Crippen LogP contribution in [0, 0.1) is 11.3 Å². The smallest absolute Gasteiger partial charge is 0.240 e. The van der Waals surface area contributed by atoms with Gasteiger partial charge in [0, 0.05) is 12.1 Å². The monoisotopic (exact) mass is 224 g/mol. The van der Waals surface area contributed by atoms with Crippen LogP contribution in [0.2, 0.25) is 0 Å². The first kappa shape index (κ1) is 11.9. The van der Waals surface area contributed by atoms with Crippen molar-refractivity contribution in [1.82, 2.24) is 4.90 Å². The Labute approximate surface area is 98.4 Å². The van der Waals surface area contributed by atoms with E-state index in [1.165, 1.54) is 0 Å². The summed E-state index contributed by atoms with van der Waals surface area (Å²) in [6.45, 7) is 8.82. The highest BCUT2D eigenvalue weighted by molar-refractivity contribution is 5.83. The van der Waals surface area contributed by atoms with Crippen molar-refractivity contribution in [2.45, 2.75) is 65.1 Å². The molecule has 0 spiro atoms. The lowest BCUT2D eigenvalue weighted by Gasteiger charge is -2.37. The summed E-state index contributed by atoms with van der Waals surface area (Å²) < 4.78 is 0. The molecule has 0 saturated carbocycles. The molecular weight excluding hydrogens is 200 g/mol. The van der Waals surface area contributed by atoms with E-state index >= 15 is 0 Å². The number of carbonyl (C=O) groups excluding carboxylic acids is 1. The van der Waals surface area contributed by atoms with Gasteiger partial charge in [0.1, 0.15) is 0 Å². The fourth-order valence-electron chi connectivity index (χ4n) is 3.63. The Morgan fingerprint density at radius 3 is 2.56 bits per heavy atom. The third-order valence-corrected chi connectivity index (χ3v) is 4.57. The summed E-state index contributed by atoms with van der Waals surface area (Å²) in [7, 11) is 0.